The Bertz CT molecular complexity index is 251. The van der Waals surface area contributed by atoms with Crippen molar-refractivity contribution < 1.29 is 4.74 Å². The zero-order valence-corrected chi connectivity index (χ0v) is 7.16. The van der Waals surface area contributed by atoms with Crippen molar-refractivity contribution in [3.05, 3.63) is 29.8 Å². The Hall–Kier alpha value is -1.02. The fourth-order valence-electron chi connectivity index (χ4n) is 1.12. The fraction of sp³-hybridized carbons (Fsp3) is 0.400. The Labute approximate surface area is 72.5 Å². The molecule has 12 heavy (non-hydrogen) atoms. The Morgan fingerprint density at radius 2 is 1.92 bits per heavy atom. The summed E-state index contributed by atoms with van der Waals surface area (Å²) in [5.74, 6) is 0.959. The molecule has 1 saturated heterocycles. The summed E-state index contributed by atoms with van der Waals surface area (Å²) in [4.78, 5) is 0. The van der Waals surface area contributed by atoms with Gasteiger partial charge >= 0.3 is 0 Å². The van der Waals surface area contributed by atoms with E-state index < -0.39 is 0 Å². The van der Waals surface area contributed by atoms with Crippen LogP contribution in [-0.2, 0) is 0 Å². The average molecular weight is 162 g/mol. The van der Waals surface area contributed by atoms with Crippen molar-refractivity contribution in [1.29, 1.82) is 0 Å². The van der Waals surface area contributed by atoms with Crippen LogP contribution in [0.2, 0.25) is 0 Å². The van der Waals surface area contributed by atoms with Crippen LogP contribution in [-0.4, -0.2) is 19.2 Å². The minimum atomic E-state index is 0.327. The highest BCUT2D eigenvalue weighted by Crippen LogP contribution is 2.14. The van der Waals surface area contributed by atoms with E-state index in [4.69, 9.17) is 4.74 Å². The highest BCUT2D eigenvalue weighted by Gasteiger charge is 2.19. The second-order valence-electron chi connectivity index (χ2n) is 3.14. The molecule has 2 rings (SSSR count). The van der Waals surface area contributed by atoms with Crippen molar-refractivity contribution >= 4 is 0 Å². The molecule has 0 aromatic heterocycles. The molecular weight excluding hydrogens is 150 g/mol. The Balaban J connectivity index is 1.98. The maximum Gasteiger partial charge on any atom is 0.127 e. The minimum absolute atomic E-state index is 0.327. The van der Waals surface area contributed by atoms with Gasteiger partial charge in [-0.25, -0.2) is 5.32 Å². The van der Waals surface area contributed by atoms with E-state index in [0.29, 0.717) is 6.10 Å². The highest BCUT2D eigenvalue weighted by molar-refractivity contribution is 5.26. The van der Waals surface area contributed by atoms with E-state index in [1.807, 2.05) is 12.1 Å². The van der Waals surface area contributed by atoms with E-state index >= 15 is 0 Å². The van der Waals surface area contributed by atoms with E-state index in [1.54, 1.807) is 0 Å². The first-order valence-electron chi connectivity index (χ1n) is 4.21. The molecule has 0 amide bonds. The smallest absolute Gasteiger partial charge is 0.127 e. The highest BCUT2D eigenvalue weighted by atomic mass is 16.5. The van der Waals surface area contributed by atoms with Crippen molar-refractivity contribution in [3.63, 3.8) is 0 Å². The van der Waals surface area contributed by atoms with Gasteiger partial charge in [0.25, 0.3) is 0 Å². The molecule has 63 valence electrons. The van der Waals surface area contributed by atoms with Gasteiger partial charge in [0.1, 0.15) is 11.9 Å². The zero-order chi connectivity index (χ0) is 8.39. The first-order valence-corrected chi connectivity index (χ1v) is 4.21. The summed E-state index contributed by atoms with van der Waals surface area (Å²) in [6.07, 6.45) is 0.327. The number of ether oxygens (including phenoxy) is 1. The number of benzene rings is 1. The maximum atomic E-state index is 5.61. The molecule has 1 fully saturated rings. The molecule has 0 spiro atoms. The third-order valence-corrected chi connectivity index (χ3v) is 1.99. The number of nitrogens with zero attached hydrogens (tertiary/aromatic N) is 1. The maximum absolute atomic E-state index is 5.61. The van der Waals surface area contributed by atoms with Gasteiger partial charge in [0, 0.05) is 0 Å². The van der Waals surface area contributed by atoms with Crippen molar-refractivity contribution in [3.8, 4) is 5.75 Å². The molecular formula is C10H12NO. The third-order valence-electron chi connectivity index (χ3n) is 1.99. The molecule has 0 aliphatic carbocycles. The van der Waals surface area contributed by atoms with Crippen molar-refractivity contribution in [1.82, 2.24) is 5.32 Å². The summed E-state index contributed by atoms with van der Waals surface area (Å²) in [7, 11) is 0. The zero-order valence-electron chi connectivity index (χ0n) is 7.16. The minimum Gasteiger partial charge on any atom is -0.488 e. The predicted octanol–water partition coefficient (Wildman–Crippen LogP) is 1.36. The Morgan fingerprint density at radius 1 is 1.25 bits per heavy atom. The lowest BCUT2D eigenvalue weighted by molar-refractivity contribution is 0.139. The van der Waals surface area contributed by atoms with E-state index in [2.05, 4.69) is 24.4 Å². The molecule has 1 aromatic carbocycles. The van der Waals surface area contributed by atoms with Crippen LogP contribution >= 0.6 is 0 Å². The molecule has 1 heterocycles. The number of rotatable bonds is 2. The SMILES string of the molecule is Cc1ccc(OC2C[N]C2)cc1. The van der Waals surface area contributed by atoms with Crippen molar-refractivity contribution in [2.75, 3.05) is 13.1 Å². The van der Waals surface area contributed by atoms with Crippen LogP contribution in [0.5, 0.6) is 5.75 Å². The number of aryl methyl sites for hydroxylation is 1. The third kappa shape index (κ3) is 1.59. The van der Waals surface area contributed by atoms with Gasteiger partial charge in [-0.15, -0.1) is 0 Å². The number of hydrogen-bond donors (Lipinski definition) is 0. The van der Waals surface area contributed by atoms with Crippen LogP contribution in [0.4, 0.5) is 0 Å². The fourth-order valence-corrected chi connectivity index (χ4v) is 1.12. The van der Waals surface area contributed by atoms with Gasteiger partial charge in [-0.1, -0.05) is 17.7 Å². The molecule has 0 saturated carbocycles. The summed E-state index contributed by atoms with van der Waals surface area (Å²) >= 11 is 0. The second kappa shape index (κ2) is 3.15. The molecule has 0 unspecified atom stereocenters. The Morgan fingerprint density at radius 3 is 2.42 bits per heavy atom. The van der Waals surface area contributed by atoms with Crippen LogP contribution < -0.4 is 10.1 Å². The van der Waals surface area contributed by atoms with Crippen molar-refractivity contribution in [2.45, 2.75) is 13.0 Å². The molecule has 0 atom stereocenters. The van der Waals surface area contributed by atoms with E-state index in [-0.39, 0.29) is 0 Å². The second-order valence-corrected chi connectivity index (χ2v) is 3.14. The molecule has 1 radical (unpaired) electrons. The van der Waals surface area contributed by atoms with E-state index in [0.717, 1.165) is 18.8 Å². The summed E-state index contributed by atoms with van der Waals surface area (Å²) in [6.45, 7) is 3.78. The molecule has 1 aliphatic heterocycles. The number of hydrogen-bond acceptors (Lipinski definition) is 1. The largest absolute Gasteiger partial charge is 0.488 e. The summed E-state index contributed by atoms with van der Waals surface area (Å²) in [5.41, 5.74) is 1.26. The first-order chi connectivity index (χ1) is 5.84. The standard InChI is InChI=1S/C10H12NO/c1-8-2-4-9(5-3-8)12-10-6-11-7-10/h2-5,10H,6-7H2,1H3. The first kappa shape index (κ1) is 7.62. The van der Waals surface area contributed by atoms with Gasteiger partial charge in [0.2, 0.25) is 0 Å². The Kier molecular flexibility index (Phi) is 2.00. The van der Waals surface area contributed by atoms with Crippen LogP contribution in [0.25, 0.3) is 0 Å². The van der Waals surface area contributed by atoms with Crippen LogP contribution in [0.15, 0.2) is 24.3 Å². The summed E-state index contributed by atoms with van der Waals surface area (Å²) in [5, 5.41) is 4.09. The topological polar surface area (TPSA) is 23.3 Å². The predicted molar refractivity (Wildman–Crippen MR) is 47.5 cm³/mol. The summed E-state index contributed by atoms with van der Waals surface area (Å²) in [6, 6.07) is 8.14. The lowest BCUT2D eigenvalue weighted by Crippen LogP contribution is -2.45. The summed E-state index contributed by atoms with van der Waals surface area (Å²) < 4.78 is 5.61. The van der Waals surface area contributed by atoms with Gasteiger partial charge in [0.05, 0.1) is 13.1 Å². The quantitative estimate of drug-likeness (QED) is 0.644. The molecule has 1 aliphatic rings. The molecule has 0 N–H and O–H groups in total. The monoisotopic (exact) mass is 162 g/mol. The molecule has 2 nitrogen and oxygen atoms in total. The molecule has 1 aromatic rings. The van der Waals surface area contributed by atoms with Crippen LogP contribution in [0, 0.1) is 6.92 Å². The van der Waals surface area contributed by atoms with Crippen molar-refractivity contribution in [2.24, 2.45) is 0 Å². The lowest BCUT2D eigenvalue weighted by atomic mass is 10.2. The van der Waals surface area contributed by atoms with E-state index in [9.17, 15) is 0 Å². The van der Waals surface area contributed by atoms with Crippen LogP contribution in [0.3, 0.4) is 0 Å². The van der Waals surface area contributed by atoms with Crippen LogP contribution in [0.1, 0.15) is 5.56 Å². The van der Waals surface area contributed by atoms with Gasteiger partial charge < -0.3 is 4.74 Å². The normalized spacial score (nSPS) is 17.1. The van der Waals surface area contributed by atoms with Gasteiger partial charge in [-0.05, 0) is 19.1 Å². The van der Waals surface area contributed by atoms with Gasteiger partial charge in [-0.2, -0.15) is 0 Å². The average Bonchev–Trinajstić information content (AvgIpc) is 2.00. The van der Waals surface area contributed by atoms with E-state index in [1.165, 1.54) is 5.56 Å². The van der Waals surface area contributed by atoms with Gasteiger partial charge in [0.15, 0.2) is 0 Å². The lowest BCUT2D eigenvalue weighted by Gasteiger charge is -2.26. The van der Waals surface area contributed by atoms with Gasteiger partial charge in [-0.3, -0.25) is 0 Å². The molecule has 2 heteroatoms. The molecule has 0 bridgehead atoms.